The van der Waals surface area contributed by atoms with Gasteiger partial charge in [-0.25, -0.2) is 0 Å². The van der Waals surface area contributed by atoms with Crippen LogP contribution in [0.3, 0.4) is 0 Å². The number of carbonyl (C=O) groups is 2. The van der Waals surface area contributed by atoms with E-state index in [-0.39, 0.29) is 61.1 Å². The van der Waals surface area contributed by atoms with Crippen LogP contribution in [0.4, 0.5) is 13.2 Å². The molecule has 2 fully saturated rings. The first-order valence-corrected chi connectivity index (χ1v) is 8.36. The van der Waals surface area contributed by atoms with E-state index >= 15 is 0 Å². The van der Waals surface area contributed by atoms with Gasteiger partial charge in [0.25, 0.3) is 0 Å². The molecule has 2 aliphatic carbocycles. The highest BCUT2D eigenvalue weighted by molar-refractivity contribution is 6.06. The Morgan fingerprint density at radius 1 is 1.16 bits per heavy atom. The van der Waals surface area contributed by atoms with E-state index in [0.29, 0.717) is 0 Å². The van der Waals surface area contributed by atoms with Crippen molar-refractivity contribution in [2.24, 2.45) is 28.7 Å². The molecule has 2 bridgehead atoms. The first-order chi connectivity index (χ1) is 11.8. The summed E-state index contributed by atoms with van der Waals surface area (Å²) in [4.78, 5) is 30.1. The van der Waals surface area contributed by atoms with Crippen molar-refractivity contribution in [1.82, 2.24) is 15.5 Å². The number of hydrogen-bond acceptors (Lipinski definition) is 3. The molecular formula is C16H21F3N4O2. The molecule has 3 rings (SSSR count). The van der Waals surface area contributed by atoms with Crippen LogP contribution in [0.25, 0.3) is 0 Å². The van der Waals surface area contributed by atoms with Gasteiger partial charge in [-0.05, 0) is 18.3 Å². The number of halogens is 3. The van der Waals surface area contributed by atoms with Crippen LogP contribution in [0.1, 0.15) is 12.8 Å². The molecule has 1 heterocycles. The summed E-state index contributed by atoms with van der Waals surface area (Å²) in [5, 5.41) is 5.40. The first kappa shape index (κ1) is 17.8. The smallest absolute Gasteiger partial charge is 0.356 e. The third-order valence-corrected chi connectivity index (χ3v) is 5.11. The highest BCUT2D eigenvalue weighted by Crippen LogP contribution is 2.52. The van der Waals surface area contributed by atoms with Crippen molar-refractivity contribution < 1.29 is 22.8 Å². The minimum atomic E-state index is -4.23. The van der Waals surface area contributed by atoms with E-state index < -0.39 is 12.6 Å². The number of amides is 2. The second kappa shape index (κ2) is 6.68. The number of fused-ring (bicyclic) bond motifs is 5. The number of allylic oxidation sites excluding steroid dienone is 2. The molecule has 4 atom stereocenters. The lowest BCUT2D eigenvalue weighted by Gasteiger charge is -2.18. The van der Waals surface area contributed by atoms with Crippen LogP contribution in [0.2, 0.25) is 0 Å². The van der Waals surface area contributed by atoms with Crippen LogP contribution in [0, 0.1) is 23.7 Å². The molecule has 25 heavy (non-hydrogen) atoms. The molecule has 2 amide bonds. The number of nitrogens with one attached hydrogen (secondary N) is 2. The SMILES string of the molecule is CN=C(NCCN1C(=O)C2C3C=CC(C3)C2C1=O)NCCC(F)(F)F. The van der Waals surface area contributed by atoms with Crippen molar-refractivity contribution in [2.75, 3.05) is 26.7 Å². The number of nitrogens with zero attached hydrogens (tertiary/aromatic N) is 2. The molecule has 138 valence electrons. The predicted molar refractivity (Wildman–Crippen MR) is 84.5 cm³/mol. The monoisotopic (exact) mass is 358 g/mol. The highest BCUT2D eigenvalue weighted by Gasteiger charge is 2.58. The molecule has 9 heteroatoms. The van der Waals surface area contributed by atoms with Crippen molar-refractivity contribution in [3.8, 4) is 0 Å². The number of imide groups is 1. The Hall–Kier alpha value is -2.06. The summed E-state index contributed by atoms with van der Waals surface area (Å²) in [6, 6.07) is 0. The van der Waals surface area contributed by atoms with Gasteiger partial charge < -0.3 is 10.6 Å². The molecule has 2 N–H and O–H groups in total. The van der Waals surface area contributed by atoms with Gasteiger partial charge in [0, 0.05) is 26.7 Å². The van der Waals surface area contributed by atoms with E-state index in [1.807, 2.05) is 12.2 Å². The lowest BCUT2D eigenvalue weighted by Crippen LogP contribution is -2.44. The Bertz CT molecular complexity index is 587. The molecule has 1 aliphatic heterocycles. The summed E-state index contributed by atoms with van der Waals surface area (Å²) in [6.07, 6.45) is -0.244. The minimum absolute atomic E-state index is 0.131. The van der Waals surface area contributed by atoms with Crippen molar-refractivity contribution in [3.63, 3.8) is 0 Å². The zero-order valence-corrected chi connectivity index (χ0v) is 13.8. The van der Waals surface area contributed by atoms with E-state index in [4.69, 9.17) is 0 Å². The van der Waals surface area contributed by atoms with Gasteiger partial charge in [0.05, 0.1) is 18.3 Å². The Balaban J connectivity index is 1.46. The number of aliphatic imine (C=N–C) groups is 1. The van der Waals surface area contributed by atoms with Crippen LogP contribution < -0.4 is 10.6 Å². The van der Waals surface area contributed by atoms with Crippen LogP contribution in [0.5, 0.6) is 0 Å². The summed E-state index contributed by atoms with van der Waals surface area (Å²) >= 11 is 0. The standard InChI is InChI=1S/C16H21F3N4O2/c1-20-15(21-5-4-16(17,18)19)22-6-7-23-13(24)11-9-2-3-10(8-9)12(11)14(23)25/h2-3,9-12H,4-8H2,1H3,(H2,20,21,22). The first-order valence-electron chi connectivity index (χ1n) is 8.36. The summed E-state index contributed by atoms with van der Waals surface area (Å²) < 4.78 is 36.4. The Morgan fingerprint density at radius 2 is 1.72 bits per heavy atom. The van der Waals surface area contributed by atoms with Gasteiger partial charge in [0.1, 0.15) is 0 Å². The zero-order chi connectivity index (χ0) is 18.2. The van der Waals surface area contributed by atoms with Gasteiger partial charge in [-0.15, -0.1) is 0 Å². The Kier molecular flexibility index (Phi) is 4.75. The summed E-state index contributed by atoms with van der Waals surface area (Å²) in [5.74, 6) is -0.173. The maximum absolute atomic E-state index is 12.5. The predicted octanol–water partition coefficient (Wildman–Crippen LogP) is 0.911. The second-order valence-corrected chi connectivity index (χ2v) is 6.62. The number of guanidine groups is 1. The lowest BCUT2D eigenvalue weighted by atomic mass is 9.85. The van der Waals surface area contributed by atoms with Crippen molar-refractivity contribution in [2.45, 2.75) is 19.0 Å². The molecule has 0 radical (unpaired) electrons. The van der Waals surface area contributed by atoms with E-state index in [0.717, 1.165) is 6.42 Å². The largest absolute Gasteiger partial charge is 0.390 e. The molecule has 3 aliphatic rings. The van der Waals surface area contributed by atoms with Gasteiger partial charge in [-0.1, -0.05) is 12.2 Å². The van der Waals surface area contributed by atoms with Gasteiger partial charge in [0.2, 0.25) is 11.8 Å². The van der Waals surface area contributed by atoms with Gasteiger partial charge >= 0.3 is 6.18 Å². The van der Waals surface area contributed by atoms with Crippen LogP contribution in [-0.4, -0.2) is 55.5 Å². The normalized spacial score (nSPS) is 31.0. The minimum Gasteiger partial charge on any atom is -0.356 e. The van der Waals surface area contributed by atoms with Crippen LogP contribution in [-0.2, 0) is 9.59 Å². The number of hydrogen-bond donors (Lipinski definition) is 2. The molecule has 0 aromatic heterocycles. The molecular weight excluding hydrogens is 337 g/mol. The zero-order valence-electron chi connectivity index (χ0n) is 13.8. The fourth-order valence-corrected chi connectivity index (χ4v) is 4.01. The Morgan fingerprint density at radius 3 is 2.24 bits per heavy atom. The van der Waals surface area contributed by atoms with E-state index in [1.165, 1.54) is 11.9 Å². The second-order valence-electron chi connectivity index (χ2n) is 6.62. The average molecular weight is 358 g/mol. The molecule has 0 aromatic carbocycles. The van der Waals surface area contributed by atoms with Gasteiger partial charge in [0.15, 0.2) is 5.96 Å². The topological polar surface area (TPSA) is 73.8 Å². The quantitative estimate of drug-likeness (QED) is 0.332. The fraction of sp³-hybridized carbons (Fsp3) is 0.688. The highest BCUT2D eigenvalue weighted by atomic mass is 19.4. The molecule has 6 nitrogen and oxygen atoms in total. The maximum Gasteiger partial charge on any atom is 0.390 e. The summed E-state index contributed by atoms with van der Waals surface area (Å²) in [6.45, 7) is 0.138. The number of alkyl halides is 3. The summed E-state index contributed by atoms with van der Waals surface area (Å²) in [5.41, 5.74) is 0. The van der Waals surface area contributed by atoms with Crippen molar-refractivity contribution in [3.05, 3.63) is 12.2 Å². The fourth-order valence-electron chi connectivity index (χ4n) is 4.01. The van der Waals surface area contributed by atoms with E-state index in [1.54, 1.807) is 0 Å². The Labute approximate surface area is 143 Å². The maximum atomic E-state index is 12.5. The van der Waals surface area contributed by atoms with Crippen molar-refractivity contribution in [1.29, 1.82) is 0 Å². The van der Waals surface area contributed by atoms with Gasteiger partial charge in [-0.3, -0.25) is 19.5 Å². The average Bonchev–Trinajstić information content (AvgIpc) is 3.21. The van der Waals surface area contributed by atoms with Gasteiger partial charge in [-0.2, -0.15) is 13.2 Å². The van der Waals surface area contributed by atoms with Crippen LogP contribution >= 0.6 is 0 Å². The number of likely N-dealkylation sites (tertiary alicyclic amines) is 1. The number of rotatable bonds is 5. The van der Waals surface area contributed by atoms with Crippen LogP contribution in [0.15, 0.2) is 17.1 Å². The molecule has 1 saturated carbocycles. The molecule has 0 aromatic rings. The van der Waals surface area contributed by atoms with E-state index in [9.17, 15) is 22.8 Å². The molecule has 1 saturated heterocycles. The third-order valence-electron chi connectivity index (χ3n) is 5.11. The third kappa shape index (κ3) is 3.50. The van der Waals surface area contributed by atoms with Crippen molar-refractivity contribution >= 4 is 17.8 Å². The summed E-state index contributed by atoms with van der Waals surface area (Å²) in [7, 11) is 1.45. The number of carbonyl (C=O) groups excluding carboxylic acids is 2. The molecule has 4 unspecified atom stereocenters. The van der Waals surface area contributed by atoms with E-state index in [2.05, 4.69) is 15.6 Å². The molecule has 0 spiro atoms. The lowest BCUT2D eigenvalue weighted by molar-refractivity contribution is -0.140.